The molecule has 0 aliphatic carbocycles. The van der Waals surface area contributed by atoms with Gasteiger partial charge in [0.1, 0.15) is 15.4 Å². The van der Waals surface area contributed by atoms with E-state index >= 15 is 0 Å². The first-order valence-electron chi connectivity index (χ1n) is 8.51. The van der Waals surface area contributed by atoms with Crippen LogP contribution >= 0.6 is 0 Å². The predicted molar refractivity (Wildman–Crippen MR) is 96.1 cm³/mol. The van der Waals surface area contributed by atoms with Crippen molar-refractivity contribution < 1.29 is 13.2 Å². The number of imidazole rings is 1. The number of likely N-dealkylation sites (tertiary alicyclic amines) is 1. The van der Waals surface area contributed by atoms with Crippen molar-refractivity contribution in [3.8, 4) is 0 Å². The van der Waals surface area contributed by atoms with Gasteiger partial charge in [-0.1, -0.05) is 13.8 Å². The summed E-state index contributed by atoms with van der Waals surface area (Å²) in [6, 6.07) is 1.77. The molecule has 3 heterocycles. The Labute approximate surface area is 148 Å². The number of carbonyl (C=O) groups excluding carboxylic acids is 1. The fourth-order valence-corrected chi connectivity index (χ4v) is 4.49. The zero-order chi connectivity index (χ0) is 18.2. The highest BCUT2D eigenvalue weighted by Crippen LogP contribution is 2.21. The molecule has 25 heavy (non-hydrogen) atoms. The monoisotopic (exact) mass is 364 g/mol. The first-order chi connectivity index (χ1) is 11.7. The Bertz CT molecular complexity index is 888. The van der Waals surface area contributed by atoms with E-state index in [1.165, 1.54) is 6.26 Å². The number of hydrogen-bond donors (Lipinski definition) is 0. The normalized spacial score (nSPS) is 18.4. The van der Waals surface area contributed by atoms with Gasteiger partial charge in [0.2, 0.25) is 0 Å². The molecule has 0 bridgehead atoms. The van der Waals surface area contributed by atoms with E-state index in [-0.39, 0.29) is 17.6 Å². The lowest BCUT2D eigenvalue weighted by Gasteiger charge is -2.16. The largest absolute Gasteiger partial charge is 0.338 e. The average Bonchev–Trinajstić information content (AvgIpc) is 3.11. The number of nitrogens with zero attached hydrogens (tertiary/aromatic N) is 4. The molecule has 0 saturated carbocycles. The van der Waals surface area contributed by atoms with Crippen LogP contribution in [0.1, 0.15) is 30.6 Å². The van der Waals surface area contributed by atoms with Crippen LogP contribution in [0.5, 0.6) is 0 Å². The number of rotatable bonds is 5. The molecule has 136 valence electrons. The van der Waals surface area contributed by atoms with E-state index in [1.807, 2.05) is 4.57 Å². The highest BCUT2D eigenvalue weighted by Gasteiger charge is 2.29. The fourth-order valence-electron chi connectivity index (χ4n) is 3.36. The smallest absolute Gasteiger partial charge is 0.255 e. The first kappa shape index (κ1) is 17.8. The summed E-state index contributed by atoms with van der Waals surface area (Å²) in [5.74, 6) is 0.523. The number of fused-ring (bicyclic) bond motifs is 1. The minimum absolute atomic E-state index is 0.0147. The summed E-state index contributed by atoms with van der Waals surface area (Å²) in [6.45, 7) is 6.15. The zero-order valence-corrected chi connectivity index (χ0v) is 15.7. The predicted octanol–water partition coefficient (Wildman–Crippen LogP) is 1.59. The van der Waals surface area contributed by atoms with Crippen molar-refractivity contribution >= 4 is 26.9 Å². The summed E-state index contributed by atoms with van der Waals surface area (Å²) in [5, 5.41) is 0. The minimum Gasteiger partial charge on any atom is -0.338 e. The standard InChI is InChI=1S/C17H24N4O3S/c1-12(2)8-21-11-19-15-6-14(7-18-16(15)21)17(22)20-5-4-13(9-20)10-25(3,23)24/h6-7,11-13H,4-5,8-10H2,1-3H3. The fraction of sp³-hybridized carbons (Fsp3) is 0.588. The zero-order valence-electron chi connectivity index (χ0n) is 14.8. The molecule has 1 aliphatic rings. The molecule has 3 rings (SSSR count). The van der Waals surface area contributed by atoms with Crippen LogP contribution in [0.4, 0.5) is 0 Å². The van der Waals surface area contributed by atoms with Crippen LogP contribution in [0.2, 0.25) is 0 Å². The van der Waals surface area contributed by atoms with Crippen LogP contribution in [0.25, 0.3) is 11.2 Å². The van der Waals surface area contributed by atoms with Crippen LogP contribution in [-0.2, 0) is 16.4 Å². The second-order valence-electron chi connectivity index (χ2n) is 7.36. The number of aromatic nitrogens is 3. The Morgan fingerprint density at radius 2 is 2.12 bits per heavy atom. The molecule has 1 fully saturated rings. The van der Waals surface area contributed by atoms with Gasteiger partial charge in [-0.3, -0.25) is 4.79 Å². The summed E-state index contributed by atoms with van der Waals surface area (Å²) < 4.78 is 24.9. The molecule has 7 nitrogen and oxygen atoms in total. The lowest BCUT2D eigenvalue weighted by molar-refractivity contribution is 0.0788. The average molecular weight is 364 g/mol. The lowest BCUT2D eigenvalue weighted by Crippen LogP contribution is -2.29. The second kappa shape index (κ2) is 6.74. The number of sulfone groups is 1. The van der Waals surface area contributed by atoms with Crippen LogP contribution in [0.15, 0.2) is 18.6 Å². The summed E-state index contributed by atoms with van der Waals surface area (Å²) in [5.41, 5.74) is 1.99. The molecule has 0 aromatic carbocycles. The van der Waals surface area contributed by atoms with Gasteiger partial charge in [0.15, 0.2) is 5.65 Å². The minimum atomic E-state index is -3.02. The Morgan fingerprint density at radius 1 is 1.36 bits per heavy atom. The van der Waals surface area contributed by atoms with E-state index in [1.54, 1.807) is 23.5 Å². The van der Waals surface area contributed by atoms with Crippen molar-refractivity contribution in [2.75, 3.05) is 25.1 Å². The SMILES string of the molecule is CC(C)Cn1cnc2cc(C(=O)N3CCC(CS(C)(=O)=O)C3)cnc21. The highest BCUT2D eigenvalue weighted by molar-refractivity contribution is 7.90. The van der Waals surface area contributed by atoms with Gasteiger partial charge in [-0.05, 0) is 24.3 Å². The number of hydrogen-bond acceptors (Lipinski definition) is 5. The molecular weight excluding hydrogens is 340 g/mol. The Balaban J connectivity index is 1.75. The van der Waals surface area contributed by atoms with Gasteiger partial charge in [-0.25, -0.2) is 18.4 Å². The van der Waals surface area contributed by atoms with Crippen molar-refractivity contribution in [1.82, 2.24) is 19.4 Å². The molecule has 0 N–H and O–H groups in total. The molecule has 1 atom stereocenters. The van der Waals surface area contributed by atoms with E-state index in [4.69, 9.17) is 0 Å². The van der Waals surface area contributed by atoms with Gasteiger partial charge in [0.25, 0.3) is 5.91 Å². The van der Waals surface area contributed by atoms with E-state index < -0.39 is 9.84 Å². The van der Waals surface area contributed by atoms with Gasteiger partial charge in [-0.15, -0.1) is 0 Å². The van der Waals surface area contributed by atoms with Crippen LogP contribution < -0.4 is 0 Å². The van der Waals surface area contributed by atoms with E-state index in [2.05, 4.69) is 23.8 Å². The molecule has 0 radical (unpaired) electrons. The number of amides is 1. The lowest BCUT2D eigenvalue weighted by atomic mass is 10.2. The van der Waals surface area contributed by atoms with Gasteiger partial charge in [0, 0.05) is 32.1 Å². The van der Waals surface area contributed by atoms with Crippen molar-refractivity contribution in [2.45, 2.75) is 26.8 Å². The van der Waals surface area contributed by atoms with Gasteiger partial charge < -0.3 is 9.47 Å². The first-order valence-corrected chi connectivity index (χ1v) is 10.6. The quantitative estimate of drug-likeness (QED) is 0.804. The third-order valence-electron chi connectivity index (χ3n) is 4.38. The Kier molecular flexibility index (Phi) is 4.81. The maximum atomic E-state index is 12.7. The number of pyridine rings is 1. The molecule has 1 unspecified atom stereocenters. The summed E-state index contributed by atoms with van der Waals surface area (Å²) >= 11 is 0. The van der Waals surface area contributed by atoms with E-state index in [0.717, 1.165) is 18.6 Å². The molecule has 2 aromatic heterocycles. The third-order valence-corrected chi connectivity index (χ3v) is 5.45. The summed E-state index contributed by atoms with van der Waals surface area (Å²) in [6.07, 6.45) is 5.30. The van der Waals surface area contributed by atoms with Crippen molar-refractivity contribution in [3.63, 3.8) is 0 Å². The molecular formula is C17H24N4O3S. The van der Waals surface area contributed by atoms with Gasteiger partial charge >= 0.3 is 0 Å². The summed E-state index contributed by atoms with van der Waals surface area (Å²) in [4.78, 5) is 23.2. The van der Waals surface area contributed by atoms with E-state index in [0.29, 0.717) is 30.1 Å². The molecule has 1 saturated heterocycles. The van der Waals surface area contributed by atoms with Gasteiger partial charge in [0.05, 0.1) is 17.6 Å². The maximum absolute atomic E-state index is 12.7. The van der Waals surface area contributed by atoms with Gasteiger partial charge in [-0.2, -0.15) is 0 Å². The molecule has 1 aliphatic heterocycles. The molecule has 1 amide bonds. The van der Waals surface area contributed by atoms with Crippen molar-refractivity contribution in [1.29, 1.82) is 0 Å². The van der Waals surface area contributed by atoms with Crippen LogP contribution in [-0.4, -0.2) is 58.9 Å². The summed E-state index contributed by atoms with van der Waals surface area (Å²) in [7, 11) is -3.02. The Hall–Kier alpha value is -1.96. The molecule has 8 heteroatoms. The highest BCUT2D eigenvalue weighted by atomic mass is 32.2. The van der Waals surface area contributed by atoms with Crippen molar-refractivity contribution in [2.24, 2.45) is 11.8 Å². The van der Waals surface area contributed by atoms with Crippen LogP contribution in [0, 0.1) is 11.8 Å². The second-order valence-corrected chi connectivity index (χ2v) is 9.54. The van der Waals surface area contributed by atoms with Crippen molar-refractivity contribution in [3.05, 3.63) is 24.2 Å². The van der Waals surface area contributed by atoms with E-state index in [9.17, 15) is 13.2 Å². The third kappa shape index (κ3) is 4.18. The van der Waals surface area contributed by atoms with Crippen LogP contribution in [0.3, 0.4) is 0 Å². The number of carbonyl (C=O) groups is 1. The Morgan fingerprint density at radius 3 is 2.80 bits per heavy atom. The molecule has 2 aromatic rings. The molecule has 0 spiro atoms. The maximum Gasteiger partial charge on any atom is 0.255 e. The topological polar surface area (TPSA) is 85.2 Å².